The van der Waals surface area contributed by atoms with Crippen molar-refractivity contribution in [2.24, 2.45) is 0 Å². The number of hydrogen-bond acceptors (Lipinski definition) is 3. The van der Waals surface area contributed by atoms with Gasteiger partial charge in [-0.25, -0.2) is 0 Å². The van der Waals surface area contributed by atoms with Crippen molar-refractivity contribution in [2.45, 2.75) is 19.3 Å². The monoisotopic (exact) mass is 338 g/mol. The normalized spacial score (nSPS) is 16.2. The third-order valence-corrected chi connectivity index (χ3v) is 5.11. The van der Waals surface area contributed by atoms with E-state index in [2.05, 4.69) is 17.4 Å². The lowest BCUT2D eigenvalue weighted by atomic mass is 9.99. The number of carbonyl (C=O) groups excluding carboxylic acids is 2. The van der Waals surface area contributed by atoms with Gasteiger partial charge in [-0.05, 0) is 40.8 Å². The van der Waals surface area contributed by atoms with Gasteiger partial charge in [0.05, 0.1) is 13.2 Å². The van der Waals surface area contributed by atoms with Gasteiger partial charge in [0.1, 0.15) is 0 Å². The number of benzene rings is 2. The third kappa shape index (κ3) is 3.12. The third-order valence-electron chi connectivity index (χ3n) is 5.11. The topological polar surface area (TPSA) is 58.6 Å². The minimum absolute atomic E-state index is 0.0732. The first-order chi connectivity index (χ1) is 12.2. The second-order valence-corrected chi connectivity index (χ2v) is 6.61. The molecule has 2 amide bonds. The molecule has 1 aliphatic carbocycles. The molecule has 130 valence electrons. The van der Waals surface area contributed by atoms with Crippen LogP contribution < -0.4 is 5.32 Å². The molecule has 5 nitrogen and oxygen atoms in total. The molecule has 2 aromatic carbocycles. The van der Waals surface area contributed by atoms with Crippen LogP contribution in [0, 0.1) is 0 Å². The molecule has 2 aromatic rings. The molecule has 0 bridgehead atoms. The largest absolute Gasteiger partial charge is 0.378 e. The molecule has 0 radical (unpaired) electrons. The van der Waals surface area contributed by atoms with Gasteiger partial charge in [-0.2, -0.15) is 0 Å². The zero-order chi connectivity index (χ0) is 17.2. The van der Waals surface area contributed by atoms with Crippen molar-refractivity contribution in [2.75, 3.05) is 32.8 Å². The van der Waals surface area contributed by atoms with Crippen LogP contribution in [0.15, 0.2) is 30.3 Å². The predicted molar refractivity (Wildman–Crippen MR) is 95.7 cm³/mol. The Morgan fingerprint density at radius 2 is 1.80 bits per heavy atom. The number of amides is 2. The SMILES string of the molecule is O=C(NCCC(=O)N1CCOCC1)c1ccc2c3c(cccc13)CC2. The number of carbonyl (C=O) groups is 2. The summed E-state index contributed by atoms with van der Waals surface area (Å²) >= 11 is 0. The number of nitrogens with zero attached hydrogens (tertiary/aromatic N) is 1. The Labute approximate surface area is 146 Å². The molecule has 1 N–H and O–H groups in total. The Hall–Kier alpha value is -2.40. The molecule has 5 heteroatoms. The zero-order valence-corrected chi connectivity index (χ0v) is 14.2. The summed E-state index contributed by atoms with van der Waals surface area (Å²) in [7, 11) is 0. The molecule has 0 saturated carbocycles. The molecule has 0 spiro atoms. The quantitative estimate of drug-likeness (QED) is 0.926. The maximum atomic E-state index is 12.6. The summed E-state index contributed by atoms with van der Waals surface area (Å²) in [5, 5.41) is 5.16. The van der Waals surface area contributed by atoms with Crippen molar-refractivity contribution < 1.29 is 14.3 Å². The molecule has 1 saturated heterocycles. The molecule has 0 aromatic heterocycles. The lowest BCUT2D eigenvalue weighted by Crippen LogP contribution is -2.42. The summed E-state index contributed by atoms with van der Waals surface area (Å²) in [4.78, 5) is 26.5. The highest BCUT2D eigenvalue weighted by Crippen LogP contribution is 2.32. The standard InChI is InChI=1S/C20H22N2O3/c23-18(22-10-12-25-13-11-22)8-9-21-20(24)17-7-6-15-5-4-14-2-1-3-16(17)19(14)15/h1-3,6-7H,4-5,8-13H2,(H,21,24). The average molecular weight is 338 g/mol. The van der Waals surface area contributed by atoms with E-state index in [1.54, 1.807) is 4.90 Å². The Bertz CT molecular complexity index is 815. The van der Waals surface area contributed by atoms with Crippen molar-refractivity contribution in [1.29, 1.82) is 0 Å². The summed E-state index contributed by atoms with van der Waals surface area (Å²) in [6.07, 6.45) is 2.42. The van der Waals surface area contributed by atoms with Crippen molar-refractivity contribution in [3.8, 4) is 0 Å². The minimum Gasteiger partial charge on any atom is -0.378 e. The molecular formula is C20H22N2O3. The highest BCUT2D eigenvalue weighted by molar-refractivity contribution is 6.09. The van der Waals surface area contributed by atoms with E-state index in [9.17, 15) is 9.59 Å². The van der Waals surface area contributed by atoms with Crippen LogP contribution >= 0.6 is 0 Å². The van der Waals surface area contributed by atoms with Crippen LogP contribution in [0.25, 0.3) is 10.8 Å². The van der Waals surface area contributed by atoms with E-state index < -0.39 is 0 Å². The van der Waals surface area contributed by atoms with Crippen LogP contribution in [0.3, 0.4) is 0 Å². The van der Waals surface area contributed by atoms with Crippen LogP contribution in [-0.4, -0.2) is 49.6 Å². The van der Waals surface area contributed by atoms with E-state index in [-0.39, 0.29) is 11.8 Å². The maximum absolute atomic E-state index is 12.6. The Kier molecular flexibility index (Phi) is 4.40. The first kappa shape index (κ1) is 16.1. The molecule has 1 fully saturated rings. The van der Waals surface area contributed by atoms with E-state index in [4.69, 9.17) is 4.74 Å². The smallest absolute Gasteiger partial charge is 0.251 e. The lowest BCUT2D eigenvalue weighted by molar-refractivity contribution is -0.135. The average Bonchev–Trinajstić information content (AvgIpc) is 3.08. The lowest BCUT2D eigenvalue weighted by Gasteiger charge is -2.26. The van der Waals surface area contributed by atoms with E-state index >= 15 is 0 Å². The highest BCUT2D eigenvalue weighted by Gasteiger charge is 2.19. The molecule has 0 atom stereocenters. The van der Waals surface area contributed by atoms with Crippen molar-refractivity contribution >= 4 is 22.6 Å². The van der Waals surface area contributed by atoms with Crippen molar-refractivity contribution in [3.63, 3.8) is 0 Å². The number of morpholine rings is 1. The van der Waals surface area contributed by atoms with Crippen LogP contribution in [0.1, 0.15) is 27.9 Å². The van der Waals surface area contributed by atoms with E-state index in [1.165, 1.54) is 16.5 Å². The number of rotatable bonds is 4. The van der Waals surface area contributed by atoms with Gasteiger partial charge < -0.3 is 15.0 Å². The van der Waals surface area contributed by atoms with Gasteiger partial charge in [-0.1, -0.05) is 24.3 Å². The molecular weight excluding hydrogens is 316 g/mol. The van der Waals surface area contributed by atoms with Crippen molar-refractivity contribution in [3.05, 3.63) is 47.0 Å². The van der Waals surface area contributed by atoms with E-state index in [0.29, 0.717) is 44.8 Å². The second kappa shape index (κ2) is 6.84. The molecule has 1 aliphatic heterocycles. The summed E-state index contributed by atoms with van der Waals surface area (Å²) in [6, 6.07) is 10.1. The van der Waals surface area contributed by atoms with Gasteiger partial charge in [0.2, 0.25) is 5.91 Å². The van der Waals surface area contributed by atoms with Crippen LogP contribution in [0.2, 0.25) is 0 Å². The first-order valence-electron chi connectivity index (χ1n) is 8.91. The summed E-state index contributed by atoms with van der Waals surface area (Å²) < 4.78 is 5.25. The summed E-state index contributed by atoms with van der Waals surface area (Å²) in [5.74, 6) is -0.0330. The summed E-state index contributed by atoms with van der Waals surface area (Å²) in [5.41, 5.74) is 3.34. The number of nitrogens with one attached hydrogen (secondary N) is 1. The van der Waals surface area contributed by atoms with Gasteiger partial charge in [-0.3, -0.25) is 9.59 Å². The van der Waals surface area contributed by atoms with Gasteiger partial charge in [0.25, 0.3) is 5.91 Å². The van der Waals surface area contributed by atoms with Gasteiger partial charge in [-0.15, -0.1) is 0 Å². The molecule has 25 heavy (non-hydrogen) atoms. The predicted octanol–water partition coefficient (Wildman–Crippen LogP) is 1.92. The fraction of sp³-hybridized carbons (Fsp3) is 0.400. The highest BCUT2D eigenvalue weighted by atomic mass is 16.5. The Morgan fingerprint density at radius 3 is 2.60 bits per heavy atom. The second-order valence-electron chi connectivity index (χ2n) is 6.61. The van der Waals surface area contributed by atoms with Crippen molar-refractivity contribution in [1.82, 2.24) is 10.2 Å². The Balaban J connectivity index is 1.42. The number of aryl methyl sites for hydroxylation is 2. The van der Waals surface area contributed by atoms with Crippen LogP contribution in [-0.2, 0) is 22.4 Å². The molecule has 4 rings (SSSR count). The van der Waals surface area contributed by atoms with Gasteiger partial charge >= 0.3 is 0 Å². The number of ether oxygens (including phenoxy) is 1. The Morgan fingerprint density at radius 1 is 1.04 bits per heavy atom. The fourth-order valence-corrected chi connectivity index (χ4v) is 3.79. The molecule has 1 heterocycles. The van der Waals surface area contributed by atoms with E-state index in [0.717, 1.165) is 18.2 Å². The zero-order valence-electron chi connectivity index (χ0n) is 14.2. The molecule has 2 aliphatic rings. The molecule has 0 unspecified atom stereocenters. The number of hydrogen-bond donors (Lipinski definition) is 1. The first-order valence-corrected chi connectivity index (χ1v) is 8.91. The van der Waals surface area contributed by atoms with Gasteiger partial charge in [0, 0.05) is 31.6 Å². The van der Waals surface area contributed by atoms with Crippen LogP contribution in [0.5, 0.6) is 0 Å². The minimum atomic E-state index is -0.106. The summed E-state index contributed by atoms with van der Waals surface area (Å²) in [6.45, 7) is 2.83. The van der Waals surface area contributed by atoms with E-state index in [1.807, 2.05) is 18.2 Å². The van der Waals surface area contributed by atoms with Crippen LogP contribution in [0.4, 0.5) is 0 Å². The van der Waals surface area contributed by atoms with Gasteiger partial charge in [0.15, 0.2) is 0 Å². The fourth-order valence-electron chi connectivity index (χ4n) is 3.79. The maximum Gasteiger partial charge on any atom is 0.251 e.